The highest BCUT2D eigenvalue weighted by Gasteiger charge is 2.20. The van der Waals surface area contributed by atoms with Crippen LogP contribution in [0.25, 0.3) is 10.1 Å². The maximum absolute atomic E-state index is 12.1. The summed E-state index contributed by atoms with van der Waals surface area (Å²) in [4.78, 5) is 20.9. The van der Waals surface area contributed by atoms with E-state index in [-0.39, 0.29) is 36.2 Å². The summed E-state index contributed by atoms with van der Waals surface area (Å²) in [7, 11) is 0. The molecule has 1 aromatic carbocycles. The van der Waals surface area contributed by atoms with Gasteiger partial charge in [0.2, 0.25) is 0 Å². The molecule has 0 saturated carbocycles. The van der Waals surface area contributed by atoms with Crippen molar-refractivity contribution in [3.8, 4) is 0 Å². The average molecular weight is 501 g/mol. The summed E-state index contributed by atoms with van der Waals surface area (Å²) < 4.78 is 5.92. The molecule has 1 aliphatic heterocycles. The number of unbranched alkanes of at least 4 members (excludes halogenated alkanes) is 1. The number of nitrogens with one attached hydrogen (secondary N) is 1. The van der Waals surface area contributed by atoms with Gasteiger partial charge in [0.15, 0.2) is 0 Å². The highest BCUT2D eigenvalue weighted by Crippen LogP contribution is 2.29. The molecule has 11 heteroatoms. The number of carbonyl (C=O) groups is 1. The number of hydrogen-bond donors (Lipinski definition) is 2. The second kappa shape index (κ2) is 13.4. The lowest BCUT2D eigenvalue weighted by Gasteiger charge is -2.35. The molecule has 176 valence electrons. The molecule has 3 aromatic rings. The van der Waals surface area contributed by atoms with E-state index in [0.29, 0.717) is 17.8 Å². The zero-order valence-electron chi connectivity index (χ0n) is 17.7. The number of fused-ring (bicyclic) bond motifs is 1. The normalized spacial score (nSPS) is 13.6. The number of carbonyl (C=O) groups excluding carboxylic acids is 1. The Hall–Kier alpha value is -2.17. The van der Waals surface area contributed by atoms with Gasteiger partial charge in [-0.05, 0) is 49.1 Å². The number of piperazine rings is 1. The van der Waals surface area contributed by atoms with Gasteiger partial charge >= 0.3 is 0 Å². The number of benzene rings is 1. The highest BCUT2D eigenvalue weighted by atomic mass is 35.5. The third kappa shape index (κ3) is 6.66. The van der Waals surface area contributed by atoms with Gasteiger partial charge in [0.05, 0.1) is 22.1 Å². The Morgan fingerprint density at radius 3 is 2.59 bits per heavy atom. The van der Waals surface area contributed by atoms with Crippen molar-refractivity contribution in [1.82, 2.24) is 19.6 Å². The van der Waals surface area contributed by atoms with Crippen molar-refractivity contribution in [3.05, 3.63) is 48.3 Å². The molecule has 8 nitrogen and oxygen atoms in total. The molecule has 4 rings (SSSR count). The van der Waals surface area contributed by atoms with E-state index in [9.17, 15) is 4.79 Å². The monoisotopic (exact) mass is 500 g/mol. The quantitative estimate of drug-likeness (QED) is 0.481. The maximum atomic E-state index is 12.1. The summed E-state index contributed by atoms with van der Waals surface area (Å²) in [5.41, 5.74) is 6.69. The fraction of sp³-hybridized carbons (Fsp3) is 0.381. The van der Waals surface area contributed by atoms with Gasteiger partial charge in [-0.3, -0.25) is 14.7 Å². The first-order chi connectivity index (χ1) is 14.2. The Kier molecular flexibility index (Phi) is 11.7. The summed E-state index contributed by atoms with van der Waals surface area (Å²) in [6, 6.07) is 10.1. The predicted molar refractivity (Wildman–Crippen MR) is 137 cm³/mol. The first kappa shape index (κ1) is 27.9. The van der Waals surface area contributed by atoms with Crippen LogP contribution in [0.2, 0.25) is 0 Å². The maximum Gasteiger partial charge on any atom is 0.253 e. The van der Waals surface area contributed by atoms with Crippen molar-refractivity contribution in [1.29, 1.82) is 0 Å². The van der Waals surface area contributed by atoms with Crippen LogP contribution in [-0.2, 0) is 0 Å². The summed E-state index contributed by atoms with van der Waals surface area (Å²) in [5, 5.41) is 4.20. The molecule has 1 amide bonds. The van der Waals surface area contributed by atoms with Gasteiger partial charge in [0.1, 0.15) is 5.82 Å². The minimum absolute atomic E-state index is 0. The fourth-order valence-electron chi connectivity index (χ4n) is 3.65. The van der Waals surface area contributed by atoms with E-state index >= 15 is 0 Å². The number of rotatable bonds is 7. The zero-order chi connectivity index (χ0) is 20.1. The third-order valence-corrected chi connectivity index (χ3v) is 6.13. The van der Waals surface area contributed by atoms with E-state index in [4.69, 9.17) is 5.73 Å². The number of anilines is 2. The number of nitrogen functional groups attached to an aromatic ring is 1. The molecule has 0 atom stereocenters. The smallest absolute Gasteiger partial charge is 0.253 e. The van der Waals surface area contributed by atoms with Gasteiger partial charge in [0.25, 0.3) is 5.91 Å². The minimum Gasteiger partial charge on any atom is -0.412 e. The number of halogens is 2. The molecule has 2 aromatic heterocycles. The van der Waals surface area contributed by atoms with Crippen LogP contribution in [-0.4, -0.2) is 64.9 Å². The number of nitrogens with two attached hydrogens (primary N) is 1. The topological polar surface area (TPSA) is 119 Å². The Morgan fingerprint density at radius 1 is 1.09 bits per heavy atom. The number of pyridine rings is 1. The standard InChI is InChI=1S/C21H26N6OS.2ClH.H2O/c22-18-15-23-9-7-16(18)21(28)24-8-3-4-10-26-11-13-27(14-12-26)20-17-5-1-2-6-19(17)29-25-20;;;/h1-2,5-7,9,15H,3-4,8,10-14,22H2,(H,24,28);2*1H;1H2. The van der Waals surface area contributed by atoms with Crippen molar-refractivity contribution < 1.29 is 10.3 Å². The van der Waals surface area contributed by atoms with Crippen molar-refractivity contribution in [2.24, 2.45) is 0 Å². The third-order valence-electron chi connectivity index (χ3n) is 5.31. The summed E-state index contributed by atoms with van der Waals surface area (Å²) in [6.07, 6.45) is 5.10. The van der Waals surface area contributed by atoms with E-state index < -0.39 is 0 Å². The summed E-state index contributed by atoms with van der Waals surface area (Å²) >= 11 is 1.58. The van der Waals surface area contributed by atoms with E-state index in [1.165, 1.54) is 16.3 Å². The SMILES string of the molecule is Cl.Cl.Nc1cnccc1C(=O)NCCCCN1CCN(c2nsc3ccccc23)CC1.O. The van der Waals surface area contributed by atoms with Crippen LogP contribution in [0, 0.1) is 0 Å². The first-order valence-corrected chi connectivity index (χ1v) is 10.8. The first-order valence-electron chi connectivity index (χ1n) is 10.0. The molecular formula is C21H30Cl2N6O2S. The lowest BCUT2D eigenvalue weighted by Crippen LogP contribution is -2.46. The van der Waals surface area contributed by atoms with Gasteiger partial charge in [-0.25, -0.2) is 0 Å². The van der Waals surface area contributed by atoms with Crippen molar-refractivity contribution in [2.75, 3.05) is 49.9 Å². The van der Waals surface area contributed by atoms with Crippen LogP contribution >= 0.6 is 36.3 Å². The molecule has 1 fully saturated rings. The second-order valence-electron chi connectivity index (χ2n) is 7.26. The summed E-state index contributed by atoms with van der Waals surface area (Å²) in [6.45, 7) is 5.82. The Labute approximate surface area is 204 Å². The number of aromatic nitrogens is 2. The zero-order valence-corrected chi connectivity index (χ0v) is 20.1. The average Bonchev–Trinajstić information content (AvgIpc) is 3.18. The van der Waals surface area contributed by atoms with Gasteiger partial charge in [0, 0.05) is 44.3 Å². The van der Waals surface area contributed by atoms with E-state index in [1.807, 2.05) is 0 Å². The van der Waals surface area contributed by atoms with Crippen LogP contribution in [0.1, 0.15) is 23.2 Å². The predicted octanol–water partition coefficient (Wildman–Crippen LogP) is 2.62. The van der Waals surface area contributed by atoms with Crippen LogP contribution in [0.3, 0.4) is 0 Å². The fourth-order valence-corrected chi connectivity index (χ4v) is 4.45. The van der Waals surface area contributed by atoms with Gasteiger partial charge < -0.3 is 21.4 Å². The van der Waals surface area contributed by atoms with Crippen molar-refractivity contribution in [2.45, 2.75) is 12.8 Å². The molecule has 0 aliphatic carbocycles. The number of amides is 1. The molecule has 1 saturated heterocycles. The summed E-state index contributed by atoms with van der Waals surface area (Å²) in [5.74, 6) is 0.998. The lowest BCUT2D eigenvalue weighted by atomic mass is 10.2. The van der Waals surface area contributed by atoms with Crippen LogP contribution in [0.5, 0.6) is 0 Å². The van der Waals surface area contributed by atoms with Gasteiger partial charge in [-0.2, -0.15) is 4.37 Å². The lowest BCUT2D eigenvalue weighted by molar-refractivity contribution is 0.0953. The number of nitrogens with zero attached hydrogens (tertiary/aromatic N) is 4. The van der Waals surface area contributed by atoms with E-state index in [1.54, 1.807) is 23.8 Å². The number of hydrogen-bond acceptors (Lipinski definition) is 7. The minimum atomic E-state index is -0.131. The molecule has 0 radical (unpaired) electrons. The van der Waals surface area contributed by atoms with E-state index in [0.717, 1.165) is 51.4 Å². The second-order valence-corrected chi connectivity index (χ2v) is 8.06. The molecule has 0 spiro atoms. The largest absolute Gasteiger partial charge is 0.412 e. The molecule has 1 aliphatic rings. The van der Waals surface area contributed by atoms with Gasteiger partial charge in [-0.15, -0.1) is 24.8 Å². The highest BCUT2D eigenvalue weighted by molar-refractivity contribution is 7.13. The van der Waals surface area contributed by atoms with E-state index in [2.05, 4.69) is 48.7 Å². The molecule has 3 heterocycles. The molecule has 5 N–H and O–H groups in total. The Balaban J connectivity index is 0.00000171. The van der Waals surface area contributed by atoms with Crippen molar-refractivity contribution >= 4 is 63.8 Å². The Morgan fingerprint density at radius 2 is 1.84 bits per heavy atom. The van der Waals surface area contributed by atoms with Crippen LogP contribution in [0.15, 0.2) is 42.7 Å². The van der Waals surface area contributed by atoms with Crippen LogP contribution < -0.4 is 16.0 Å². The molecule has 0 unspecified atom stereocenters. The van der Waals surface area contributed by atoms with Gasteiger partial charge in [-0.1, -0.05) is 12.1 Å². The van der Waals surface area contributed by atoms with Crippen LogP contribution in [0.4, 0.5) is 11.5 Å². The van der Waals surface area contributed by atoms with Crippen molar-refractivity contribution in [3.63, 3.8) is 0 Å². The molecule has 0 bridgehead atoms. The molecule has 32 heavy (non-hydrogen) atoms. The Bertz CT molecular complexity index is 982. The molecular weight excluding hydrogens is 471 g/mol.